The van der Waals surface area contributed by atoms with Crippen LogP contribution in [0, 0.1) is 6.92 Å². The highest BCUT2D eigenvalue weighted by Crippen LogP contribution is 2.10. The first kappa shape index (κ1) is 13.9. The molecule has 1 heterocycles. The molecule has 2 N–H and O–H groups in total. The van der Waals surface area contributed by atoms with Crippen LogP contribution in [0.25, 0.3) is 0 Å². The Labute approximate surface area is 106 Å². The van der Waals surface area contributed by atoms with E-state index in [0.29, 0.717) is 0 Å². The zero-order valence-electron chi connectivity index (χ0n) is 10.6. The number of hydrogen-bond donors (Lipinski definition) is 2. The van der Waals surface area contributed by atoms with Crippen LogP contribution in [0.3, 0.4) is 0 Å². The van der Waals surface area contributed by atoms with E-state index in [1.807, 2.05) is 13.1 Å². The van der Waals surface area contributed by atoms with Gasteiger partial charge in [0.05, 0.1) is 11.6 Å². The number of aryl methyl sites for hydroxylation is 1. The summed E-state index contributed by atoms with van der Waals surface area (Å²) in [5, 5.41) is 7.56. The van der Waals surface area contributed by atoms with Gasteiger partial charge in [0, 0.05) is 38.4 Å². The summed E-state index contributed by atoms with van der Waals surface area (Å²) in [5.74, 6) is 0.812. The molecule has 17 heavy (non-hydrogen) atoms. The second-order valence-electron chi connectivity index (χ2n) is 3.54. The molecule has 1 aromatic rings. The average Bonchev–Trinajstić information content (AvgIpc) is 2.74. The van der Waals surface area contributed by atoms with E-state index in [2.05, 4.69) is 20.6 Å². The lowest BCUT2D eigenvalue weighted by Crippen LogP contribution is -2.37. The highest BCUT2D eigenvalue weighted by atomic mass is 32.1. The van der Waals surface area contributed by atoms with E-state index in [1.165, 1.54) is 4.88 Å². The van der Waals surface area contributed by atoms with Crippen molar-refractivity contribution < 1.29 is 4.74 Å². The number of rotatable bonds is 6. The topological polar surface area (TPSA) is 58.5 Å². The Hall–Kier alpha value is -1.14. The molecular weight excluding hydrogens is 236 g/mol. The smallest absolute Gasteiger partial charge is 0.191 e. The minimum atomic E-state index is 0.759. The maximum absolute atomic E-state index is 4.98. The summed E-state index contributed by atoms with van der Waals surface area (Å²) >= 11 is 1.70. The number of nitrogens with one attached hydrogen (secondary N) is 2. The molecule has 5 nitrogen and oxygen atoms in total. The van der Waals surface area contributed by atoms with Gasteiger partial charge in [0.2, 0.25) is 0 Å². The normalized spacial score (nSPS) is 11.6. The van der Waals surface area contributed by atoms with Crippen molar-refractivity contribution in [2.75, 3.05) is 27.3 Å². The third kappa shape index (κ3) is 5.65. The van der Waals surface area contributed by atoms with Crippen molar-refractivity contribution in [1.29, 1.82) is 0 Å². The van der Waals surface area contributed by atoms with E-state index in [4.69, 9.17) is 4.74 Å². The molecule has 0 aromatic carbocycles. The van der Waals surface area contributed by atoms with Crippen molar-refractivity contribution in [1.82, 2.24) is 15.6 Å². The molecular formula is C11H20N4OS. The molecule has 0 atom stereocenters. The van der Waals surface area contributed by atoms with Crippen LogP contribution in [0.15, 0.2) is 11.2 Å². The Bertz CT molecular complexity index is 351. The molecule has 0 radical (unpaired) electrons. The zero-order valence-corrected chi connectivity index (χ0v) is 11.4. The molecule has 1 rings (SSSR count). The standard InChI is InChI=1S/C11H20N4OS/c1-9-14-7-10(17-9)8-15-11(12-2)13-5-4-6-16-3/h7H,4-6,8H2,1-3H3,(H2,12,13,15). The number of ether oxygens (including phenoxy) is 1. The fourth-order valence-electron chi connectivity index (χ4n) is 1.30. The molecule has 0 fully saturated rings. The van der Waals surface area contributed by atoms with Gasteiger partial charge in [-0.1, -0.05) is 0 Å². The summed E-state index contributed by atoms with van der Waals surface area (Å²) < 4.78 is 4.98. The van der Waals surface area contributed by atoms with Crippen LogP contribution in [0.5, 0.6) is 0 Å². The molecule has 0 saturated heterocycles. The molecule has 0 aliphatic heterocycles. The van der Waals surface area contributed by atoms with Gasteiger partial charge in [-0.05, 0) is 13.3 Å². The Morgan fingerprint density at radius 1 is 1.53 bits per heavy atom. The molecule has 96 valence electrons. The summed E-state index contributed by atoms with van der Waals surface area (Å²) in [5.41, 5.74) is 0. The third-order valence-electron chi connectivity index (χ3n) is 2.14. The Morgan fingerprint density at radius 3 is 2.94 bits per heavy atom. The number of nitrogens with zero attached hydrogens (tertiary/aromatic N) is 2. The van der Waals surface area contributed by atoms with Crippen LogP contribution in [0.1, 0.15) is 16.3 Å². The van der Waals surface area contributed by atoms with Crippen molar-refractivity contribution in [2.45, 2.75) is 19.9 Å². The van der Waals surface area contributed by atoms with E-state index < -0.39 is 0 Å². The molecule has 0 aliphatic rings. The summed E-state index contributed by atoms with van der Waals surface area (Å²) in [7, 11) is 3.47. The van der Waals surface area contributed by atoms with Gasteiger partial charge in [0.15, 0.2) is 5.96 Å². The molecule has 0 saturated carbocycles. The van der Waals surface area contributed by atoms with Gasteiger partial charge in [-0.3, -0.25) is 4.99 Å². The molecule has 0 spiro atoms. The number of aliphatic imine (C=N–C) groups is 1. The lowest BCUT2D eigenvalue weighted by molar-refractivity contribution is 0.195. The Balaban J connectivity index is 2.23. The van der Waals surface area contributed by atoms with E-state index in [0.717, 1.165) is 37.1 Å². The highest BCUT2D eigenvalue weighted by Gasteiger charge is 2.00. The van der Waals surface area contributed by atoms with Crippen molar-refractivity contribution in [3.05, 3.63) is 16.1 Å². The van der Waals surface area contributed by atoms with Crippen LogP contribution in [-0.4, -0.2) is 38.3 Å². The minimum absolute atomic E-state index is 0.759. The van der Waals surface area contributed by atoms with Crippen LogP contribution in [0.4, 0.5) is 0 Å². The van der Waals surface area contributed by atoms with Crippen molar-refractivity contribution in [2.24, 2.45) is 4.99 Å². The van der Waals surface area contributed by atoms with E-state index in [1.54, 1.807) is 25.5 Å². The number of hydrogen-bond acceptors (Lipinski definition) is 4. The molecule has 6 heteroatoms. The Kier molecular flexibility index (Phi) is 6.57. The maximum atomic E-state index is 4.98. The first-order valence-corrected chi connectivity index (χ1v) is 6.42. The second kappa shape index (κ2) is 8.03. The third-order valence-corrected chi connectivity index (χ3v) is 3.05. The summed E-state index contributed by atoms with van der Waals surface area (Å²) in [6.07, 6.45) is 2.86. The SMILES string of the molecule is CN=C(NCCCOC)NCc1cnc(C)s1. The highest BCUT2D eigenvalue weighted by molar-refractivity contribution is 7.11. The molecule has 0 aliphatic carbocycles. The van der Waals surface area contributed by atoms with Gasteiger partial charge in [0.25, 0.3) is 0 Å². The maximum Gasteiger partial charge on any atom is 0.191 e. The Morgan fingerprint density at radius 2 is 2.35 bits per heavy atom. The van der Waals surface area contributed by atoms with E-state index >= 15 is 0 Å². The zero-order chi connectivity index (χ0) is 12.5. The number of thiazole rings is 1. The van der Waals surface area contributed by atoms with E-state index in [9.17, 15) is 0 Å². The van der Waals surface area contributed by atoms with Crippen LogP contribution >= 0.6 is 11.3 Å². The largest absolute Gasteiger partial charge is 0.385 e. The van der Waals surface area contributed by atoms with Gasteiger partial charge in [-0.15, -0.1) is 11.3 Å². The van der Waals surface area contributed by atoms with Gasteiger partial charge >= 0.3 is 0 Å². The summed E-state index contributed by atoms with van der Waals surface area (Å²) in [6.45, 7) is 4.38. The average molecular weight is 256 g/mol. The first-order valence-electron chi connectivity index (χ1n) is 5.61. The van der Waals surface area contributed by atoms with Crippen LogP contribution in [-0.2, 0) is 11.3 Å². The lowest BCUT2D eigenvalue weighted by atomic mass is 10.4. The first-order chi connectivity index (χ1) is 8.26. The van der Waals surface area contributed by atoms with Gasteiger partial charge in [-0.2, -0.15) is 0 Å². The molecule has 1 aromatic heterocycles. The van der Waals surface area contributed by atoms with E-state index in [-0.39, 0.29) is 0 Å². The van der Waals surface area contributed by atoms with Gasteiger partial charge in [-0.25, -0.2) is 4.98 Å². The quantitative estimate of drug-likeness (QED) is 0.455. The van der Waals surface area contributed by atoms with Crippen LogP contribution in [0.2, 0.25) is 0 Å². The number of guanidine groups is 1. The molecule has 0 bridgehead atoms. The summed E-state index contributed by atoms with van der Waals surface area (Å²) in [4.78, 5) is 9.56. The predicted molar refractivity (Wildman–Crippen MR) is 71.5 cm³/mol. The van der Waals surface area contributed by atoms with Crippen LogP contribution < -0.4 is 10.6 Å². The fourth-order valence-corrected chi connectivity index (χ4v) is 2.04. The molecule has 0 amide bonds. The van der Waals surface area contributed by atoms with Crippen molar-refractivity contribution in [3.63, 3.8) is 0 Å². The number of methoxy groups -OCH3 is 1. The minimum Gasteiger partial charge on any atom is -0.385 e. The van der Waals surface area contributed by atoms with Gasteiger partial charge < -0.3 is 15.4 Å². The predicted octanol–water partition coefficient (Wildman–Crippen LogP) is 1.15. The lowest BCUT2D eigenvalue weighted by Gasteiger charge is -2.10. The monoisotopic (exact) mass is 256 g/mol. The second-order valence-corrected chi connectivity index (χ2v) is 4.86. The summed E-state index contributed by atoms with van der Waals surface area (Å²) in [6, 6.07) is 0. The number of aromatic nitrogens is 1. The van der Waals surface area contributed by atoms with Gasteiger partial charge in [0.1, 0.15) is 0 Å². The van der Waals surface area contributed by atoms with Crippen molar-refractivity contribution >= 4 is 17.3 Å². The fraction of sp³-hybridized carbons (Fsp3) is 0.636. The molecule has 0 unspecified atom stereocenters. The van der Waals surface area contributed by atoms with Crippen molar-refractivity contribution in [3.8, 4) is 0 Å².